The van der Waals surface area contributed by atoms with E-state index in [0.29, 0.717) is 19.6 Å². The van der Waals surface area contributed by atoms with Gasteiger partial charge in [-0.1, -0.05) is 19.3 Å². The fourth-order valence-electron chi connectivity index (χ4n) is 2.75. The Morgan fingerprint density at radius 2 is 1.88 bits per heavy atom. The Hall–Kier alpha value is -1.10. The van der Waals surface area contributed by atoms with E-state index in [2.05, 4.69) is 5.32 Å². The normalized spacial score (nSPS) is 26.8. The predicted octanol–water partition coefficient (Wildman–Crippen LogP) is -0.148. The van der Waals surface area contributed by atoms with E-state index in [1.807, 2.05) is 4.90 Å². The molecule has 0 radical (unpaired) electrons. The van der Waals surface area contributed by atoms with Crippen LogP contribution >= 0.6 is 0 Å². The van der Waals surface area contributed by atoms with Gasteiger partial charge in [-0.25, -0.2) is 0 Å². The summed E-state index contributed by atoms with van der Waals surface area (Å²) in [6.45, 7) is 1.79. The Labute approximate surface area is 102 Å². The van der Waals surface area contributed by atoms with Crippen LogP contribution in [0.4, 0.5) is 0 Å². The van der Waals surface area contributed by atoms with E-state index in [-0.39, 0.29) is 23.8 Å². The van der Waals surface area contributed by atoms with Gasteiger partial charge in [0.25, 0.3) is 0 Å². The molecule has 1 heterocycles. The van der Waals surface area contributed by atoms with Crippen molar-refractivity contribution in [3.8, 4) is 0 Å². The van der Waals surface area contributed by atoms with Crippen molar-refractivity contribution < 1.29 is 9.59 Å². The summed E-state index contributed by atoms with van der Waals surface area (Å²) in [4.78, 5) is 25.2. The smallest absolute Gasteiger partial charge is 0.236 e. The molecule has 0 aromatic carbocycles. The van der Waals surface area contributed by atoms with E-state index in [1.165, 1.54) is 6.42 Å². The van der Waals surface area contributed by atoms with Crippen molar-refractivity contribution in [1.29, 1.82) is 0 Å². The average molecular weight is 239 g/mol. The number of carbonyl (C=O) groups is 2. The lowest BCUT2D eigenvalue weighted by atomic mass is 9.88. The highest BCUT2D eigenvalue weighted by atomic mass is 16.2. The Kier molecular flexibility index (Phi) is 3.99. The second-order valence-electron chi connectivity index (χ2n) is 5.03. The predicted molar refractivity (Wildman–Crippen MR) is 64.1 cm³/mol. The molecule has 0 bridgehead atoms. The van der Waals surface area contributed by atoms with Crippen molar-refractivity contribution in [2.24, 2.45) is 11.7 Å². The summed E-state index contributed by atoms with van der Waals surface area (Å²) in [6.07, 6.45) is 5.56. The molecule has 1 saturated heterocycles. The zero-order valence-corrected chi connectivity index (χ0v) is 10.2. The minimum absolute atomic E-state index is 0.176. The standard InChI is InChI=1S/C12H21N3O2/c13-11(16)10-8-15(7-6-14-10)12(17)9-4-2-1-3-5-9/h9-10,14H,1-8H2,(H2,13,16). The first-order valence-electron chi connectivity index (χ1n) is 6.50. The highest BCUT2D eigenvalue weighted by Gasteiger charge is 2.31. The van der Waals surface area contributed by atoms with Crippen LogP contribution in [0.1, 0.15) is 32.1 Å². The molecule has 2 rings (SSSR count). The number of amides is 2. The van der Waals surface area contributed by atoms with Gasteiger partial charge >= 0.3 is 0 Å². The van der Waals surface area contributed by atoms with Gasteiger partial charge in [0.15, 0.2) is 0 Å². The Balaban J connectivity index is 1.91. The molecular weight excluding hydrogens is 218 g/mol. The molecule has 2 amide bonds. The average Bonchev–Trinajstić information content (AvgIpc) is 2.39. The van der Waals surface area contributed by atoms with Crippen molar-refractivity contribution in [3.63, 3.8) is 0 Å². The first-order chi connectivity index (χ1) is 8.18. The van der Waals surface area contributed by atoms with Gasteiger partial charge in [-0.05, 0) is 12.8 Å². The van der Waals surface area contributed by atoms with Crippen LogP contribution in [0, 0.1) is 5.92 Å². The molecule has 0 spiro atoms. The topological polar surface area (TPSA) is 75.4 Å². The Morgan fingerprint density at radius 1 is 1.18 bits per heavy atom. The van der Waals surface area contributed by atoms with E-state index >= 15 is 0 Å². The highest BCUT2D eigenvalue weighted by Crippen LogP contribution is 2.25. The fourth-order valence-corrected chi connectivity index (χ4v) is 2.75. The molecule has 96 valence electrons. The summed E-state index contributed by atoms with van der Waals surface area (Å²) in [5.41, 5.74) is 5.27. The number of rotatable bonds is 2. The number of primary amides is 1. The summed E-state index contributed by atoms with van der Waals surface area (Å²) in [5.74, 6) is 0.0268. The second-order valence-corrected chi connectivity index (χ2v) is 5.03. The van der Waals surface area contributed by atoms with E-state index in [0.717, 1.165) is 25.7 Å². The number of hydrogen-bond acceptors (Lipinski definition) is 3. The molecule has 5 nitrogen and oxygen atoms in total. The fraction of sp³-hybridized carbons (Fsp3) is 0.833. The first-order valence-corrected chi connectivity index (χ1v) is 6.50. The highest BCUT2D eigenvalue weighted by molar-refractivity contribution is 5.83. The summed E-state index contributed by atoms with van der Waals surface area (Å²) in [7, 11) is 0. The summed E-state index contributed by atoms with van der Waals surface area (Å²) in [5, 5.41) is 3.04. The van der Waals surface area contributed by atoms with Crippen LogP contribution in [0.2, 0.25) is 0 Å². The van der Waals surface area contributed by atoms with E-state index in [9.17, 15) is 9.59 Å². The molecule has 0 aromatic heterocycles. The molecule has 1 aliphatic carbocycles. The van der Waals surface area contributed by atoms with Crippen LogP contribution in [0.15, 0.2) is 0 Å². The lowest BCUT2D eigenvalue weighted by Gasteiger charge is -2.35. The van der Waals surface area contributed by atoms with Gasteiger partial charge < -0.3 is 16.0 Å². The molecule has 2 aliphatic rings. The summed E-state index contributed by atoms with van der Waals surface area (Å²) < 4.78 is 0. The van der Waals surface area contributed by atoms with Crippen LogP contribution in [-0.4, -0.2) is 42.4 Å². The third-order valence-corrected chi connectivity index (χ3v) is 3.78. The molecule has 0 aromatic rings. The largest absolute Gasteiger partial charge is 0.368 e. The molecule has 5 heteroatoms. The van der Waals surface area contributed by atoms with Crippen LogP contribution < -0.4 is 11.1 Å². The van der Waals surface area contributed by atoms with E-state index in [4.69, 9.17) is 5.73 Å². The monoisotopic (exact) mass is 239 g/mol. The maximum Gasteiger partial charge on any atom is 0.236 e. The zero-order chi connectivity index (χ0) is 12.3. The molecule has 17 heavy (non-hydrogen) atoms. The van der Waals surface area contributed by atoms with Gasteiger partial charge in [0.05, 0.1) is 0 Å². The van der Waals surface area contributed by atoms with E-state index in [1.54, 1.807) is 0 Å². The first kappa shape index (κ1) is 12.4. The second kappa shape index (κ2) is 5.49. The number of nitrogens with zero attached hydrogens (tertiary/aromatic N) is 1. The lowest BCUT2D eigenvalue weighted by molar-refractivity contribution is -0.138. The van der Waals surface area contributed by atoms with Crippen LogP contribution in [0.25, 0.3) is 0 Å². The van der Waals surface area contributed by atoms with Gasteiger partial charge in [0.2, 0.25) is 11.8 Å². The van der Waals surface area contributed by atoms with Gasteiger partial charge in [0, 0.05) is 25.6 Å². The molecule has 1 unspecified atom stereocenters. The Bertz CT molecular complexity index is 300. The van der Waals surface area contributed by atoms with Crippen molar-refractivity contribution in [2.75, 3.05) is 19.6 Å². The minimum atomic E-state index is -0.378. The number of piperazine rings is 1. The third kappa shape index (κ3) is 2.97. The quantitative estimate of drug-likeness (QED) is 0.704. The van der Waals surface area contributed by atoms with Gasteiger partial charge in [-0.2, -0.15) is 0 Å². The van der Waals surface area contributed by atoms with Crippen molar-refractivity contribution >= 4 is 11.8 Å². The number of carbonyl (C=O) groups excluding carboxylic acids is 2. The zero-order valence-electron chi connectivity index (χ0n) is 10.2. The lowest BCUT2D eigenvalue weighted by Crippen LogP contribution is -2.58. The van der Waals surface area contributed by atoms with Gasteiger partial charge in [-0.3, -0.25) is 9.59 Å². The van der Waals surface area contributed by atoms with Crippen molar-refractivity contribution in [1.82, 2.24) is 10.2 Å². The molecule has 3 N–H and O–H groups in total. The van der Waals surface area contributed by atoms with Gasteiger partial charge in [0.1, 0.15) is 6.04 Å². The van der Waals surface area contributed by atoms with Crippen molar-refractivity contribution in [2.45, 2.75) is 38.1 Å². The van der Waals surface area contributed by atoms with Crippen molar-refractivity contribution in [3.05, 3.63) is 0 Å². The minimum Gasteiger partial charge on any atom is -0.368 e. The molecule has 1 aliphatic heterocycles. The molecular formula is C12H21N3O2. The Morgan fingerprint density at radius 3 is 2.53 bits per heavy atom. The van der Waals surface area contributed by atoms with Gasteiger partial charge in [-0.15, -0.1) is 0 Å². The van der Waals surface area contributed by atoms with Crippen LogP contribution in [0.3, 0.4) is 0 Å². The molecule has 1 saturated carbocycles. The van der Waals surface area contributed by atoms with E-state index < -0.39 is 0 Å². The molecule has 1 atom stereocenters. The third-order valence-electron chi connectivity index (χ3n) is 3.78. The number of nitrogens with two attached hydrogens (primary N) is 1. The number of nitrogens with one attached hydrogen (secondary N) is 1. The molecule has 2 fully saturated rings. The van der Waals surface area contributed by atoms with Crippen LogP contribution in [-0.2, 0) is 9.59 Å². The van der Waals surface area contributed by atoms with Crippen LogP contribution in [0.5, 0.6) is 0 Å². The summed E-state index contributed by atoms with van der Waals surface area (Å²) in [6, 6.07) is -0.378. The maximum absolute atomic E-state index is 12.3. The number of hydrogen-bond donors (Lipinski definition) is 2. The summed E-state index contributed by atoms with van der Waals surface area (Å²) >= 11 is 0. The maximum atomic E-state index is 12.3. The SMILES string of the molecule is NC(=O)C1CN(C(=O)C2CCCCC2)CCN1.